The number of ether oxygens (including phenoxy) is 1. The van der Waals surface area contributed by atoms with Crippen molar-refractivity contribution >= 4 is 0 Å². The molecule has 2 nitrogen and oxygen atoms in total. The molecule has 0 bridgehead atoms. The van der Waals surface area contributed by atoms with E-state index in [0.717, 1.165) is 26.3 Å². The fourth-order valence-corrected chi connectivity index (χ4v) is 1.23. The Kier molecular flexibility index (Phi) is 2.32. The predicted octanol–water partition coefficient (Wildman–Crippen LogP) is 1.12. The number of rotatable bonds is 0. The van der Waals surface area contributed by atoms with Crippen molar-refractivity contribution in [2.24, 2.45) is 0 Å². The van der Waals surface area contributed by atoms with Crippen LogP contribution in [0.5, 0.6) is 0 Å². The first-order chi connectivity index (χ1) is 4.61. The van der Waals surface area contributed by atoms with Gasteiger partial charge >= 0.3 is 0 Å². The second-order valence-corrected chi connectivity index (χ2v) is 3.77. The van der Waals surface area contributed by atoms with Gasteiger partial charge in [0, 0.05) is 18.6 Å². The lowest BCUT2D eigenvalue weighted by atomic mass is 10.1. The minimum atomic E-state index is 0.323. The van der Waals surface area contributed by atoms with Gasteiger partial charge in [-0.25, -0.2) is 0 Å². The molecule has 0 unspecified atom stereocenters. The van der Waals surface area contributed by atoms with Crippen LogP contribution in [0.4, 0.5) is 0 Å². The molecule has 1 heterocycles. The zero-order valence-corrected chi connectivity index (χ0v) is 7.18. The largest absolute Gasteiger partial charge is 0.379 e. The smallest absolute Gasteiger partial charge is 0.0594 e. The van der Waals surface area contributed by atoms with E-state index >= 15 is 0 Å². The molecule has 0 amide bonds. The maximum absolute atomic E-state index is 5.25. The van der Waals surface area contributed by atoms with E-state index in [2.05, 4.69) is 25.7 Å². The molecular weight excluding hydrogens is 126 g/mol. The number of nitrogens with zero attached hydrogens (tertiary/aromatic N) is 1. The fourth-order valence-electron chi connectivity index (χ4n) is 1.23. The molecule has 1 aliphatic heterocycles. The molecule has 1 fully saturated rings. The van der Waals surface area contributed by atoms with Gasteiger partial charge in [0.05, 0.1) is 13.2 Å². The van der Waals surface area contributed by atoms with Crippen molar-refractivity contribution in [1.29, 1.82) is 0 Å². The molecule has 1 rings (SSSR count). The Morgan fingerprint density at radius 2 is 1.60 bits per heavy atom. The van der Waals surface area contributed by atoms with Gasteiger partial charge in [-0.3, -0.25) is 4.90 Å². The summed E-state index contributed by atoms with van der Waals surface area (Å²) in [7, 11) is 0. The molecule has 0 atom stereocenters. The van der Waals surface area contributed by atoms with Gasteiger partial charge in [-0.2, -0.15) is 0 Å². The highest BCUT2D eigenvalue weighted by molar-refractivity contribution is 4.77. The zero-order chi connectivity index (χ0) is 7.61. The maximum Gasteiger partial charge on any atom is 0.0594 e. The van der Waals surface area contributed by atoms with E-state index in [1.807, 2.05) is 0 Å². The zero-order valence-electron chi connectivity index (χ0n) is 7.18. The van der Waals surface area contributed by atoms with E-state index in [1.54, 1.807) is 0 Å². The number of morpholine rings is 1. The van der Waals surface area contributed by atoms with Crippen LogP contribution in [0.1, 0.15) is 20.8 Å². The quantitative estimate of drug-likeness (QED) is 0.504. The van der Waals surface area contributed by atoms with Crippen LogP contribution >= 0.6 is 0 Å². The molecule has 0 aromatic heterocycles. The summed E-state index contributed by atoms with van der Waals surface area (Å²) in [4.78, 5) is 2.45. The normalized spacial score (nSPS) is 23.1. The van der Waals surface area contributed by atoms with E-state index in [4.69, 9.17) is 4.74 Å². The van der Waals surface area contributed by atoms with Crippen LogP contribution in [0.25, 0.3) is 0 Å². The Bertz CT molecular complexity index is 100. The average molecular weight is 143 g/mol. The second-order valence-electron chi connectivity index (χ2n) is 3.77. The van der Waals surface area contributed by atoms with E-state index in [9.17, 15) is 0 Å². The summed E-state index contributed by atoms with van der Waals surface area (Å²) in [5, 5.41) is 0. The molecule has 2 heteroatoms. The maximum atomic E-state index is 5.25. The highest BCUT2D eigenvalue weighted by Crippen LogP contribution is 2.13. The molecule has 1 aliphatic rings. The first kappa shape index (κ1) is 8.02. The van der Waals surface area contributed by atoms with Crippen LogP contribution in [-0.2, 0) is 4.74 Å². The Hall–Kier alpha value is -0.0800. The van der Waals surface area contributed by atoms with E-state index in [1.165, 1.54) is 0 Å². The minimum Gasteiger partial charge on any atom is -0.379 e. The van der Waals surface area contributed by atoms with Crippen molar-refractivity contribution in [2.75, 3.05) is 26.3 Å². The van der Waals surface area contributed by atoms with Crippen LogP contribution < -0.4 is 0 Å². The van der Waals surface area contributed by atoms with Crippen LogP contribution in [0.2, 0.25) is 0 Å². The monoisotopic (exact) mass is 143 g/mol. The molecule has 0 spiro atoms. The van der Waals surface area contributed by atoms with Crippen molar-refractivity contribution < 1.29 is 4.74 Å². The Morgan fingerprint density at radius 1 is 1.10 bits per heavy atom. The Labute approximate surface area is 63.2 Å². The predicted molar refractivity (Wildman–Crippen MR) is 42.1 cm³/mol. The summed E-state index contributed by atoms with van der Waals surface area (Å²) in [6.45, 7) is 10.7. The lowest BCUT2D eigenvalue weighted by Gasteiger charge is -2.38. The molecule has 0 radical (unpaired) electrons. The number of hydrogen-bond donors (Lipinski definition) is 0. The van der Waals surface area contributed by atoms with Crippen LogP contribution in [0.15, 0.2) is 0 Å². The third-order valence-corrected chi connectivity index (χ3v) is 1.96. The van der Waals surface area contributed by atoms with Crippen LogP contribution in [0.3, 0.4) is 0 Å². The van der Waals surface area contributed by atoms with E-state index < -0.39 is 0 Å². The fraction of sp³-hybridized carbons (Fsp3) is 1.00. The van der Waals surface area contributed by atoms with Gasteiger partial charge in [-0.05, 0) is 20.8 Å². The van der Waals surface area contributed by atoms with Gasteiger partial charge < -0.3 is 4.74 Å². The van der Waals surface area contributed by atoms with Crippen LogP contribution in [-0.4, -0.2) is 36.7 Å². The summed E-state index contributed by atoms with van der Waals surface area (Å²) >= 11 is 0. The lowest BCUT2D eigenvalue weighted by Crippen LogP contribution is -2.47. The highest BCUT2D eigenvalue weighted by atomic mass is 16.5. The average Bonchev–Trinajstić information content (AvgIpc) is 1.88. The molecule has 0 N–H and O–H groups in total. The van der Waals surface area contributed by atoms with Crippen molar-refractivity contribution in [3.63, 3.8) is 0 Å². The SMILES string of the molecule is CC(C)(C)N1CCOCC1. The van der Waals surface area contributed by atoms with Crippen molar-refractivity contribution in [3.05, 3.63) is 0 Å². The Morgan fingerprint density at radius 3 is 1.90 bits per heavy atom. The summed E-state index contributed by atoms with van der Waals surface area (Å²) in [5.74, 6) is 0. The summed E-state index contributed by atoms with van der Waals surface area (Å²) in [5.41, 5.74) is 0.323. The molecule has 0 aliphatic carbocycles. The topological polar surface area (TPSA) is 12.5 Å². The molecule has 60 valence electrons. The number of hydrogen-bond acceptors (Lipinski definition) is 2. The van der Waals surface area contributed by atoms with Crippen molar-refractivity contribution in [3.8, 4) is 0 Å². The third kappa shape index (κ3) is 1.96. The second kappa shape index (κ2) is 2.89. The molecule has 10 heavy (non-hydrogen) atoms. The summed E-state index contributed by atoms with van der Waals surface area (Å²) in [6, 6.07) is 0. The molecule has 0 saturated carbocycles. The standard InChI is InChI=1S/C8H17NO/c1-8(2,3)9-4-6-10-7-5-9/h4-7H2,1-3H3. The van der Waals surface area contributed by atoms with Crippen LogP contribution in [0, 0.1) is 0 Å². The van der Waals surface area contributed by atoms with Crippen molar-refractivity contribution in [1.82, 2.24) is 4.90 Å². The minimum absolute atomic E-state index is 0.323. The van der Waals surface area contributed by atoms with E-state index in [0.29, 0.717) is 5.54 Å². The first-order valence-corrected chi connectivity index (χ1v) is 3.93. The molecular formula is C8H17NO. The summed E-state index contributed by atoms with van der Waals surface area (Å²) < 4.78 is 5.25. The molecule has 1 saturated heterocycles. The highest BCUT2D eigenvalue weighted by Gasteiger charge is 2.22. The van der Waals surface area contributed by atoms with Gasteiger partial charge in [0.1, 0.15) is 0 Å². The lowest BCUT2D eigenvalue weighted by molar-refractivity contribution is -0.00389. The van der Waals surface area contributed by atoms with Crippen molar-refractivity contribution in [2.45, 2.75) is 26.3 Å². The third-order valence-electron chi connectivity index (χ3n) is 1.96. The van der Waals surface area contributed by atoms with Gasteiger partial charge in [0.25, 0.3) is 0 Å². The van der Waals surface area contributed by atoms with Gasteiger partial charge in [-0.1, -0.05) is 0 Å². The van der Waals surface area contributed by atoms with E-state index in [-0.39, 0.29) is 0 Å². The summed E-state index contributed by atoms with van der Waals surface area (Å²) in [6.07, 6.45) is 0. The first-order valence-electron chi connectivity index (χ1n) is 3.93. The van der Waals surface area contributed by atoms with Gasteiger partial charge in [0.15, 0.2) is 0 Å². The van der Waals surface area contributed by atoms with Gasteiger partial charge in [-0.15, -0.1) is 0 Å². The molecule has 0 aromatic carbocycles. The Balaban J connectivity index is 2.39. The molecule has 0 aromatic rings. The van der Waals surface area contributed by atoms with Gasteiger partial charge in [0.2, 0.25) is 0 Å².